The van der Waals surface area contributed by atoms with Gasteiger partial charge in [-0.2, -0.15) is 18.3 Å². The Bertz CT molecular complexity index is 1130. The molecule has 0 atom stereocenters. The van der Waals surface area contributed by atoms with Gasteiger partial charge in [0.15, 0.2) is 5.69 Å². The molecule has 3 aliphatic carbocycles. The molecule has 3 aliphatic rings. The van der Waals surface area contributed by atoms with Crippen molar-refractivity contribution < 1.29 is 18.0 Å². The largest absolute Gasteiger partial charge is 0.435 e. The third-order valence-corrected chi connectivity index (χ3v) is 8.05. The van der Waals surface area contributed by atoms with Gasteiger partial charge in [0.25, 0.3) is 5.91 Å². The summed E-state index contributed by atoms with van der Waals surface area (Å²) in [5, 5.41) is 11.2. The number of rotatable bonds is 7. The van der Waals surface area contributed by atoms with E-state index in [4.69, 9.17) is 5.73 Å². The van der Waals surface area contributed by atoms with E-state index in [0.29, 0.717) is 47.9 Å². The minimum absolute atomic E-state index is 0.117. The smallest absolute Gasteiger partial charge is 0.382 e. The van der Waals surface area contributed by atoms with E-state index < -0.39 is 17.8 Å². The molecule has 0 saturated heterocycles. The van der Waals surface area contributed by atoms with E-state index in [2.05, 4.69) is 29.6 Å². The number of nitrogens with zero attached hydrogens (tertiary/aromatic N) is 2. The van der Waals surface area contributed by atoms with E-state index in [1.54, 1.807) is 18.2 Å². The number of benzene rings is 1. The first-order chi connectivity index (χ1) is 17.0. The van der Waals surface area contributed by atoms with Crippen molar-refractivity contribution in [2.75, 3.05) is 11.9 Å². The lowest BCUT2D eigenvalue weighted by atomic mass is 9.76. The van der Waals surface area contributed by atoms with E-state index in [9.17, 15) is 18.0 Å². The molecule has 1 aromatic heterocycles. The number of hydrogen-bond acceptors (Lipinski definition) is 4. The maximum Gasteiger partial charge on any atom is 0.435 e. The third-order valence-electron chi connectivity index (χ3n) is 8.05. The summed E-state index contributed by atoms with van der Waals surface area (Å²) in [5.74, 6) is 0.279. The lowest BCUT2D eigenvalue weighted by Gasteiger charge is -2.31. The van der Waals surface area contributed by atoms with Gasteiger partial charge in [0, 0.05) is 29.0 Å². The second-order valence-electron chi connectivity index (χ2n) is 11.7. The molecule has 9 heteroatoms. The molecule has 0 aliphatic heterocycles. The van der Waals surface area contributed by atoms with Gasteiger partial charge in [0.2, 0.25) is 0 Å². The molecule has 36 heavy (non-hydrogen) atoms. The van der Waals surface area contributed by atoms with Crippen molar-refractivity contribution in [1.82, 2.24) is 15.1 Å². The molecule has 0 bridgehead atoms. The third kappa shape index (κ3) is 5.41. The van der Waals surface area contributed by atoms with Crippen LogP contribution in [0, 0.1) is 11.3 Å². The fraction of sp³-hybridized carbons (Fsp3) is 0.630. The molecular weight excluding hydrogens is 467 g/mol. The topological polar surface area (TPSA) is 85.0 Å². The number of hydrogen-bond donors (Lipinski definition) is 3. The minimum atomic E-state index is -4.52. The lowest BCUT2D eigenvalue weighted by Crippen LogP contribution is -2.38. The average molecular weight is 504 g/mol. The highest BCUT2D eigenvalue weighted by atomic mass is 19.4. The summed E-state index contributed by atoms with van der Waals surface area (Å²) in [4.78, 5) is 12.2. The van der Waals surface area contributed by atoms with Gasteiger partial charge in [0.1, 0.15) is 0 Å². The van der Waals surface area contributed by atoms with Gasteiger partial charge in [-0.15, -0.1) is 0 Å². The fourth-order valence-corrected chi connectivity index (χ4v) is 5.69. The van der Waals surface area contributed by atoms with Gasteiger partial charge in [-0.1, -0.05) is 13.8 Å². The van der Waals surface area contributed by atoms with Crippen molar-refractivity contribution in [3.63, 3.8) is 0 Å². The van der Waals surface area contributed by atoms with Crippen LogP contribution in [-0.4, -0.2) is 34.3 Å². The number of nitrogens with one attached hydrogen (secondary N) is 2. The summed E-state index contributed by atoms with van der Waals surface area (Å²) in [5.41, 5.74) is 7.01. The Labute approximate surface area is 210 Å². The molecule has 196 valence electrons. The number of primary amides is 1. The van der Waals surface area contributed by atoms with E-state index >= 15 is 0 Å². The number of aromatic nitrogens is 2. The van der Waals surface area contributed by atoms with Crippen LogP contribution in [0.2, 0.25) is 0 Å². The summed E-state index contributed by atoms with van der Waals surface area (Å²) in [7, 11) is 0. The maximum absolute atomic E-state index is 13.8. The maximum atomic E-state index is 13.8. The number of carbonyl (C=O) groups is 1. The Morgan fingerprint density at radius 3 is 2.47 bits per heavy atom. The molecule has 4 N–H and O–H groups in total. The molecule has 0 spiro atoms. The first kappa shape index (κ1) is 25.1. The zero-order chi connectivity index (χ0) is 25.7. The van der Waals surface area contributed by atoms with Crippen LogP contribution in [0.15, 0.2) is 18.2 Å². The van der Waals surface area contributed by atoms with Gasteiger partial charge in [-0.05, 0) is 93.9 Å². The van der Waals surface area contributed by atoms with Crippen LogP contribution < -0.4 is 16.4 Å². The van der Waals surface area contributed by atoms with Crippen molar-refractivity contribution >= 4 is 11.6 Å². The number of amides is 1. The average Bonchev–Trinajstić information content (AvgIpc) is 3.56. The SMILES string of the molecule is CC1(C)CCc2c(C(F)(F)F)nn(-c3ccc(C(N)=O)c(NC4CCC(NCC5CC5)CC4)c3)c2C1. The Kier molecular flexibility index (Phi) is 6.55. The molecule has 2 aromatic rings. The van der Waals surface area contributed by atoms with Crippen LogP contribution in [0.5, 0.6) is 0 Å². The minimum Gasteiger partial charge on any atom is -0.382 e. The molecule has 0 unspecified atom stereocenters. The Balaban J connectivity index is 1.41. The molecule has 2 fully saturated rings. The van der Waals surface area contributed by atoms with Gasteiger partial charge >= 0.3 is 6.18 Å². The Morgan fingerprint density at radius 1 is 1.14 bits per heavy atom. The van der Waals surface area contributed by atoms with Crippen LogP contribution >= 0.6 is 0 Å². The van der Waals surface area contributed by atoms with Gasteiger partial charge < -0.3 is 16.4 Å². The molecular formula is C27H36F3N5O. The fourth-order valence-electron chi connectivity index (χ4n) is 5.69. The van der Waals surface area contributed by atoms with Crippen molar-refractivity contribution in [2.24, 2.45) is 17.1 Å². The van der Waals surface area contributed by atoms with Crippen LogP contribution in [0.1, 0.15) is 86.1 Å². The van der Waals surface area contributed by atoms with Gasteiger partial charge in [-0.3, -0.25) is 4.79 Å². The second-order valence-corrected chi connectivity index (χ2v) is 11.7. The molecule has 1 heterocycles. The number of alkyl halides is 3. The normalized spacial score (nSPS) is 23.8. The summed E-state index contributed by atoms with van der Waals surface area (Å²) in [6, 6.07) is 5.66. The molecule has 1 amide bonds. The van der Waals surface area contributed by atoms with Crippen molar-refractivity contribution in [2.45, 2.75) is 89.9 Å². The molecule has 5 rings (SSSR count). The molecule has 2 saturated carbocycles. The zero-order valence-corrected chi connectivity index (χ0v) is 21.0. The van der Waals surface area contributed by atoms with E-state index in [0.717, 1.165) is 38.1 Å². The summed E-state index contributed by atoms with van der Waals surface area (Å²) in [6.07, 6.45) is 3.68. The summed E-state index contributed by atoms with van der Waals surface area (Å²) >= 11 is 0. The Morgan fingerprint density at radius 2 is 1.83 bits per heavy atom. The van der Waals surface area contributed by atoms with Crippen LogP contribution in [-0.2, 0) is 19.0 Å². The first-order valence-corrected chi connectivity index (χ1v) is 13.1. The predicted molar refractivity (Wildman–Crippen MR) is 133 cm³/mol. The number of nitrogens with two attached hydrogens (primary N) is 1. The number of anilines is 1. The quantitative estimate of drug-likeness (QED) is 0.483. The molecule has 1 aromatic carbocycles. The highest BCUT2D eigenvalue weighted by Gasteiger charge is 2.42. The van der Waals surface area contributed by atoms with E-state index in [-0.39, 0.29) is 17.0 Å². The predicted octanol–water partition coefficient (Wildman–Crippen LogP) is 5.23. The van der Waals surface area contributed by atoms with Crippen molar-refractivity contribution in [3.05, 3.63) is 40.7 Å². The summed E-state index contributed by atoms with van der Waals surface area (Å²) < 4.78 is 42.9. The lowest BCUT2D eigenvalue weighted by molar-refractivity contribution is -0.142. The number of halogens is 3. The highest BCUT2D eigenvalue weighted by molar-refractivity contribution is 5.99. The van der Waals surface area contributed by atoms with Crippen LogP contribution in [0.3, 0.4) is 0 Å². The monoisotopic (exact) mass is 503 g/mol. The first-order valence-electron chi connectivity index (χ1n) is 13.1. The van der Waals surface area contributed by atoms with Gasteiger partial charge in [-0.25, -0.2) is 4.68 Å². The standard InChI is InChI=1S/C27H36F3N5O/c1-26(2)12-11-21-23(14-26)35(34-24(21)27(28,29)30)19-9-10-20(25(31)36)22(13-19)33-18-7-5-17(6-8-18)32-15-16-3-4-16/h9-10,13,16-18,32-33H,3-8,11-12,14-15H2,1-2H3,(H2,31,36). The molecule has 6 nitrogen and oxygen atoms in total. The Hall–Kier alpha value is -2.55. The highest BCUT2D eigenvalue weighted by Crippen LogP contribution is 2.42. The van der Waals surface area contributed by atoms with Crippen molar-refractivity contribution in [3.8, 4) is 5.69 Å². The van der Waals surface area contributed by atoms with Crippen LogP contribution in [0.4, 0.5) is 18.9 Å². The second kappa shape index (κ2) is 9.39. The zero-order valence-electron chi connectivity index (χ0n) is 21.0. The molecule has 0 radical (unpaired) electrons. The van der Waals surface area contributed by atoms with E-state index in [1.165, 1.54) is 17.5 Å². The number of fused-ring (bicyclic) bond motifs is 1. The van der Waals surface area contributed by atoms with Crippen molar-refractivity contribution in [1.29, 1.82) is 0 Å². The van der Waals surface area contributed by atoms with Gasteiger partial charge in [0.05, 0.1) is 11.3 Å². The van der Waals surface area contributed by atoms with Crippen LogP contribution in [0.25, 0.3) is 5.69 Å². The summed E-state index contributed by atoms with van der Waals surface area (Å²) in [6.45, 7) is 5.24. The number of carbonyl (C=O) groups excluding carboxylic acids is 1. The van der Waals surface area contributed by atoms with E-state index in [1.807, 2.05) is 0 Å².